The fraction of sp³-hybridized carbons (Fsp3) is 0.250. The third-order valence-corrected chi connectivity index (χ3v) is 4.54. The number of ether oxygens (including phenoxy) is 1. The number of carbonyl (C=O) groups excluding carboxylic acids is 1. The fourth-order valence-electron chi connectivity index (χ4n) is 3.18. The maximum atomic E-state index is 10.9. The van der Waals surface area contributed by atoms with Gasteiger partial charge in [-0.15, -0.1) is 0 Å². The van der Waals surface area contributed by atoms with Gasteiger partial charge in [0.2, 0.25) is 5.82 Å². The molecule has 2 amide bonds. The molecule has 1 saturated carbocycles. The number of primary amides is 1. The van der Waals surface area contributed by atoms with Crippen molar-refractivity contribution < 1.29 is 14.1 Å². The lowest BCUT2D eigenvalue weighted by Crippen LogP contribution is -2.19. The van der Waals surface area contributed by atoms with Gasteiger partial charge in [0.05, 0.1) is 6.10 Å². The smallest absolute Gasteiger partial charge is 0.316 e. The van der Waals surface area contributed by atoms with Crippen molar-refractivity contribution in [1.29, 1.82) is 0 Å². The summed E-state index contributed by atoms with van der Waals surface area (Å²) < 4.78 is 11.4. The molecule has 7 nitrogen and oxygen atoms in total. The first-order valence-electron chi connectivity index (χ1n) is 8.95. The first-order chi connectivity index (χ1) is 13.2. The Labute approximate surface area is 156 Å². The zero-order valence-corrected chi connectivity index (χ0v) is 14.7. The summed E-state index contributed by atoms with van der Waals surface area (Å²) in [6.45, 7) is 0. The molecule has 3 aromatic rings. The lowest BCUT2D eigenvalue weighted by molar-refractivity contribution is 0.210. The predicted octanol–water partition coefficient (Wildman–Crippen LogP) is 4.22. The van der Waals surface area contributed by atoms with Gasteiger partial charge in [-0.1, -0.05) is 5.16 Å². The summed E-state index contributed by atoms with van der Waals surface area (Å²) in [5.41, 5.74) is 7.31. The molecule has 0 radical (unpaired) electrons. The van der Waals surface area contributed by atoms with Crippen LogP contribution >= 0.6 is 0 Å². The summed E-state index contributed by atoms with van der Waals surface area (Å²) >= 11 is 0. The lowest BCUT2D eigenvalue weighted by Gasteiger charge is -2.12. The maximum absolute atomic E-state index is 10.9. The first kappa shape index (κ1) is 17.1. The van der Waals surface area contributed by atoms with Crippen molar-refractivity contribution in [3.8, 4) is 28.6 Å². The van der Waals surface area contributed by atoms with Gasteiger partial charge < -0.3 is 20.3 Å². The number of nitrogens with two attached hydrogens (primary N) is 1. The third-order valence-electron chi connectivity index (χ3n) is 4.54. The number of hydrogen-bond donors (Lipinski definition) is 2. The van der Waals surface area contributed by atoms with Gasteiger partial charge in [-0.3, -0.25) is 0 Å². The highest BCUT2D eigenvalue weighted by Crippen LogP contribution is 2.27. The Balaban J connectivity index is 1.46. The molecule has 2 aromatic carbocycles. The second-order valence-corrected chi connectivity index (χ2v) is 6.54. The molecule has 0 saturated heterocycles. The standard InChI is InChI=1S/C20H20N4O3/c21-20(25)22-15-9-5-13(6-10-15)18-23-19(27-24-18)14-7-11-17(12-8-14)26-16-3-1-2-4-16/h5-12,16H,1-4H2,(H3,21,22,25). The number of anilines is 1. The quantitative estimate of drug-likeness (QED) is 0.705. The average Bonchev–Trinajstić information content (AvgIpc) is 3.35. The SMILES string of the molecule is NC(=O)Nc1ccc(-c2noc(-c3ccc(OC4CCCC4)cc3)n2)cc1. The maximum Gasteiger partial charge on any atom is 0.316 e. The number of nitrogens with one attached hydrogen (secondary N) is 1. The fourth-order valence-corrected chi connectivity index (χ4v) is 3.18. The minimum absolute atomic E-state index is 0.331. The summed E-state index contributed by atoms with van der Waals surface area (Å²) in [4.78, 5) is 15.3. The highest BCUT2D eigenvalue weighted by molar-refractivity contribution is 5.88. The number of carbonyl (C=O) groups is 1. The van der Waals surface area contributed by atoms with Crippen LogP contribution in [0, 0.1) is 0 Å². The molecular formula is C20H20N4O3. The molecule has 0 atom stereocenters. The van der Waals surface area contributed by atoms with Crippen molar-refractivity contribution in [3.63, 3.8) is 0 Å². The van der Waals surface area contributed by atoms with E-state index in [-0.39, 0.29) is 0 Å². The minimum atomic E-state index is -0.607. The van der Waals surface area contributed by atoms with Crippen molar-refractivity contribution in [2.24, 2.45) is 5.73 Å². The van der Waals surface area contributed by atoms with E-state index in [0.717, 1.165) is 29.7 Å². The van der Waals surface area contributed by atoms with E-state index in [9.17, 15) is 4.79 Å². The Morgan fingerprint density at radius 1 is 1.04 bits per heavy atom. The Morgan fingerprint density at radius 2 is 1.70 bits per heavy atom. The zero-order chi connectivity index (χ0) is 18.6. The number of hydrogen-bond acceptors (Lipinski definition) is 5. The van der Waals surface area contributed by atoms with E-state index >= 15 is 0 Å². The van der Waals surface area contributed by atoms with E-state index in [2.05, 4.69) is 15.5 Å². The van der Waals surface area contributed by atoms with Crippen LogP contribution in [0.3, 0.4) is 0 Å². The molecule has 1 aromatic heterocycles. The summed E-state index contributed by atoms with van der Waals surface area (Å²) in [5.74, 6) is 1.78. The van der Waals surface area contributed by atoms with E-state index in [1.165, 1.54) is 12.8 Å². The number of amides is 2. The molecule has 0 unspecified atom stereocenters. The number of nitrogens with zero attached hydrogens (tertiary/aromatic N) is 2. The number of aromatic nitrogens is 2. The van der Waals surface area contributed by atoms with Crippen molar-refractivity contribution in [1.82, 2.24) is 10.1 Å². The first-order valence-corrected chi connectivity index (χ1v) is 8.95. The predicted molar refractivity (Wildman–Crippen MR) is 101 cm³/mol. The summed E-state index contributed by atoms with van der Waals surface area (Å²) in [5, 5.41) is 6.54. The van der Waals surface area contributed by atoms with Crippen LogP contribution in [0.4, 0.5) is 10.5 Å². The van der Waals surface area contributed by atoms with Crippen LogP contribution in [-0.4, -0.2) is 22.3 Å². The Kier molecular flexibility index (Phi) is 4.74. The largest absolute Gasteiger partial charge is 0.490 e. The molecule has 138 valence electrons. The monoisotopic (exact) mass is 364 g/mol. The summed E-state index contributed by atoms with van der Waals surface area (Å²) in [6, 6.07) is 14.1. The number of rotatable bonds is 5. The Morgan fingerprint density at radius 3 is 2.37 bits per heavy atom. The van der Waals surface area contributed by atoms with Crippen LogP contribution in [-0.2, 0) is 0 Å². The van der Waals surface area contributed by atoms with Crippen molar-refractivity contribution >= 4 is 11.7 Å². The average molecular weight is 364 g/mol. The van der Waals surface area contributed by atoms with Gasteiger partial charge in [0.25, 0.3) is 5.89 Å². The van der Waals surface area contributed by atoms with Gasteiger partial charge in [0.15, 0.2) is 0 Å². The molecule has 3 N–H and O–H groups in total. The Bertz CT molecular complexity index is 913. The van der Waals surface area contributed by atoms with E-state index in [0.29, 0.717) is 23.5 Å². The zero-order valence-electron chi connectivity index (χ0n) is 14.7. The van der Waals surface area contributed by atoms with Gasteiger partial charge in [-0.2, -0.15) is 4.98 Å². The molecule has 0 spiro atoms. The van der Waals surface area contributed by atoms with E-state index in [4.69, 9.17) is 15.0 Å². The van der Waals surface area contributed by atoms with Crippen LogP contribution in [0.5, 0.6) is 5.75 Å². The summed E-state index contributed by atoms with van der Waals surface area (Å²) in [6.07, 6.45) is 5.07. The van der Waals surface area contributed by atoms with Gasteiger partial charge in [-0.05, 0) is 74.2 Å². The van der Waals surface area contributed by atoms with Crippen molar-refractivity contribution in [3.05, 3.63) is 48.5 Å². The van der Waals surface area contributed by atoms with Crippen LogP contribution in [0.25, 0.3) is 22.8 Å². The third kappa shape index (κ3) is 4.08. The molecule has 4 rings (SSSR count). The van der Waals surface area contributed by atoms with Crippen LogP contribution in [0.1, 0.15) is 25.7 Å². The van der Waals surface area contributed by atoms with Gasteiger partial charge in [0, 0.05) is 16.8 Å². The molecule has 1 aliphatic carbocycles. The van der Waals surface area contributed by atoms with E-state index in [1.54, 1.807) is 24.3 Å². The second kappa shape index (κ2) is 7.49. The molecular weight excluding hydrogens is 344 g/mol. The minimum Gasteiger partial charge on any atom is -0.490 e. The molecule has 0 bridgehead atoms. The normalized spacial score (nSPS) is 14.2. The molecule has 1 fully saturated rings. The van der Waals surface area contributed by atoms with Crippen molar-refractivity contribution in [2.75, 3.05) is 5.32 Å². The van der Waals surface area contributed by atoms with Crippen molar-refractivity contribution in [2.45, 2.75) is 31.8 Å². The summed E-state index contributed by atoms with van der Waals surface area (Å²) in [7, 11) is 0. The van der Waals surface area contributed by atoms with Gasteiger partial charge >= 0.3 is 6.03 Å². The highest BCUT2D eigenvalue weighted by Gasteiger charge is 2.17. The number of urea groups is 1. The van der Waals surface area contributed by atoms with E-state index < -0.39 is 6.03 Å². The van der Waals surface area contributed by atoms with Gasteiger partial charge in [-0.25, -0.2) is 4.79 Å². The molecule has 1 aliphatic rings. The van der Waals surface area contributed by atoms with E-state index in [1.807, 2.05) is 24.3 Å². The lowest BCUT2D eigenvalue weighted by atomic mass is 10.2. The topological polar surface area (TPSA) is 103 Å². The second-order valence-electron chi connectivity index (χ2n) is 6.54. The Hall–Kier alpha value is -3.35. The molecule has 1 heterocycles. The molecule has 27 heavy (non-hydrogen) atoms. The van der Waals surface area contributed by atoms with Crippen LogP contribution in [0.2, 0.25) is 0 Å². The molecule has 0 aliphatic heterocycles. The van der Waals surface area contributed by atoms with Gasteiger partial charge in [0.1, 0.15) is 5.75 Å². The highest BCUT2D eigenvalue weighted by atomic mass is 16.5. The van der Waals surface area contributed by atoms with Crippen LogP contribution < -0.4 is 15.8 Å². The van der Waals surface area contributed by atoms with Crippen LogP contribution in [0.15, 0.2) is 53.1 Å². The molecule has 7 heteroatoms. The number of benzene rings is 2.